The van der Waals surface area contributed by atoms with Crippen LogP contribution in [0.25, 0.3) is 0 Å². The summed E-state index contributed by atoms with van der Waals surface area (Å²) in [6.45, 7) is 2.81. The molecule has 2 fully saturated rings. The average Bonchev–Trinajstić information content (AvgIpc) is 3.48. The molecule has 30 heavy (non-hydrogen) atoms. The molecule has 1 unspecified atom stereocenters. The van der Waals surface area contributed by atoms with E-state index in [1.165, 1.54) is 6.07 Å². The van der Waals surface area contributed by atoms with E-state index < -0.39 is 23.6 Å². The summed E-state index contributed by atoms with van der Waals surface area (Å²) >= 11 is 5.77. The standard InChI is InChI=1S/C20H26ClF4N3O2/c21-15-9-14(10-16(22)11-15)17(29)27-12-13-1-6-28(7-2-13)8-5-26-18(30)19(3-4-19)20(23,24)25/h9-11,13,18,26,30H,1-8,12H2,(H,27,29). The van der Waals surface area contributed by atoms with Crippen molar-refractivity contribution in [3.05, 3.63) is 34.6 Å². The monoisotopic (exact) mass is 451 g/mol. The minimum atomic E-state index is -4.39. The maximum atomic E-state index is 13.4. The minimum Gasteiger partial charge on any atom is -0.378 e. The molecule has 0 radical (unpaired) electrons. The maximum absolute atomic E-state index is 13.4. The molecule has 0 spiro atoms. The Labute approximate surface area is 177 Å². The molecule has 10 heteroatoms. The van der Waals surface area contributed by atoms with Crippen LogP contribution >= 0.6 is 11.6 Å². The molecule has 1 aromatic carbocycles. The smallest absolute Gasteiger partial charge is 0.378 e. The lowest BCUT2D eigenvalue weighted by molar-refractivity contribution is -0.218. The number of likely N-dealkylation sites (tertiary alicyclic amines) is 1. The number of aliphatic hydroxyl groups is 1. The molecule has 1 saturated carbocycles. The third-order valence-electron chi connectivity index (χ3n) is 6.03. The first kappa shape index (κ1) is 23.2. The summed E-state index contributed by atoms with van der Waals surface area (Å²) in [5.41, 5.74) is -1.81. The van der Waals surface area contributed by atoms with E-state index in [-0.39, 0.29) is 41.8 Å². The SMILES string of the molecule is O=C(NCC1CCN(CCNC(O)C2(C(F)(F)F)CC2)CC1)c1cc(F)cc(Cl)c1. The van der Waals surface area contributed by atoms with Gasteiger partial charge in [0.25, 0.3) is 5.91 Å². The van der Waals surface area contributed by atoms with Gasteiger partial charge < -0.3 is 15.3 Å². The van der Waals surface area contributed by atoms with Gasteiger partial charge in [-0.1, -0.05) is 11.6 Å². The number of carbonyl (C=O) groups excluding carboxylic acids is 1. The average molecular weight is 452 g/mol. The Bertz CT molecular complexity index is 730. The Morgan fingerprint density at radius 3 is 2.50 bits per heavy atom. The number of nitrogens with zero attached hydrogens (tertiary/aromatic N) is 1. The first-order valence-electron chi connectivity index (χ1n) is 10.1. The third kappa shape index (κ3) is 5.63. The van der Waals surface area contributed by atoms with Crippen LogP contribution in [0.4, 0.5) is 17.6 Å². The molecule has 0 aromatic heterocycles. The van der Waals surface area contributed by atoms with Gasteiger partial charge in [0.15, 0.2) is 0 Å². The molecule has 1 aliphatic heterocycles. The van der Waals surface area contributed by atoms with Gasteiger partial charge in [0.2, 0.25) is 0 Å². The van der Waals surface area contributed by atoms with Gasteiger partial charge in [0.1, 0.15) is 17.5 Å². The van der Waals surface area contributed by atoms with Gasteiger partial charge in [0, 0.05) is 30.2 Å². The molecule has 1 amide bonds. The van der Waals surface area contributed by atoms with E-state index in [2.05, 4.69) is 15.5 Å². The van der Waals surface area contributed by atoms with Crippen molar-refractivity contribution in [2.45, 2.75) is 38.1 Å². The second-order valence-corrected chi connectivity index (χ2v) is 8.60. The fourth-order valence-corrected chi connectivity index (χ4v) is 4.06. The van der Waals surface area contributed by atoms with Crippen LogP contribution in [-0.4, -0.2) is 61.0 Å². The van der Waals surface area contributed by atoms with Crippen molar-refractivity contribution >= 4 is 17.5 Å². The van der Waals surface area contributed by atoms with Crippen molar-refractivity contribution in [1.29, 1.82) is 0 Å². The van der Waals surface area contributed by atoms with E-state index >= 15 is 0 Å². The molecule has 5 nitrogen and oxygen atoms in total. The molecule has 3 N–H and O–H groups in total. The van der Waals surface area contributed by atoms with Crippen molar-refractivity contribution in [1.82, 2.24) is 15.5 Å². The van der Waals surface area contributed by atoms with Crippen LogP contribution in [0.5, 0.6) is 0 Å². The van der Waals surface area contributed by atoms with Gasteiger partial charge >= 0.3 is 6.18 Å². The molecule has 0 bridgehead atoms. The van der Waals surface area contributed by atoms with E-state index in [1.807, 2.05) is 0 Å². The highest BCUT2D eigenvalue weighted by atomic mass is 35.5. The Kier molecular flexibility index (Phi) is 7.27. The number of halogens is 5. The fraction of sp³-hybridized carbons (Fsp3) is 0.650. The van der Waals surface area contributed by atoms with Crippen molar-refractivity contribution in [2.75, 3.05) is 32.7 Å². The molecule has 3 rings (SSSR count). The molecule has 1 aromatic rings. The number of amides is 1. The number of piperidine rings is 1. The van der Waals surface area contributed by atoms with Gasteiger partial charge in [-0.25, -0.2) is 4.39 Å². The van der Waals surface area contributed by atoms with E-state index in [0.717, 1.165) is 38.1 Å². The maximum Gasteiger partial charge on any atom is 0.398 e. The number of benzene rings is 1. The van der Waals surface area contributed by atoms with Crippen LogP contribution in [0.3, 0.4) is 0 Å². The van der Waals surface area contributed by atoms with Gasteiger partial charge in [-0.15, -0.1) is 0 Å². The van der Waals surface area contributed by atoms with Crippen molar-refractivity contribution in [2.24, 2.45) is 11.3 Å². The summed E-state index contributed by atoms with van der Waals surface area (Å²) in [7, 11) is 0. The highest BCUT2D eigenvalue weighted by Gasteiger charge is 2.67. The number of hydrogen-bond acceptors (Lipinski definition) is 4. The predicted octanol–water partition coefficient (Wildman–Crippen LogP) is 3.17. The molecule has 1 aliphatic carbocycles. The number of aliphatic hydroxyl groups excluding tert-OH is 1. The largest absolute Gasteiger partial charge is 0.398 e. The van der Waals surface area contributed by atoms with Crippen LogP contribution in [0.2, 0.25) is 5.02 Å². The molecule has 1 heterocycles. The molecule has 1 saturated heterocycles. The van der Waals surface area contributed by atoms with E-state index in [0.29, 0.717) is 13.1 Å². The summed E-state index contributed by atoms with van der Waals surface area (Å²) in [6.07, 6.45) is -4.37. The third-order valence-corrected chi connectivity index (χ3v) is 6.24. The highest BCUT2D eigenvalue weighted by molar-refractivity contribution is 6.31. The van der Waals surface area contributed by atoms with Crippen molar-refractivity contribution in [3.8, 4) is 0 Å². The Morgan fingerprint density at radius 1 is 1.27 bits per heavy atom. The predicted molar refractivity (Wildman–Crippen MR) is 105 cm³/mol. The van der Waals surface area contributed by atoms with Crippen LogP contribution < -0.4 is 10.6 Å². The molecular formula is C20H26ClF4N3O2. The van der Waals surface area contributed by atoms with Gasteiger partial charge in [-0.2, -0.15) is 13.2 Å². The Hall–Kier alpha value is -1.42. The highest BCUT2D eigenvalue weighted by Crippen LogP contribution is 2.59. The number of hydrogen-bond donors (Lipinski definition) is 3. The molecule has 1 atom stereocenters. The number of nitrogens with one attached hydrogen (secondary N) is 2. The zero-order valence-electron chi connectivity index (χ0n) is 16.4. The minimum absolute atomic E-state index is 0.0381. The van der Waals surface area contributed by atoms with Crippen molar-refractivity contribution in [3.63, 3.8) is 0 Å². The summed E-state index contributed by atoms with van der Waals surface area (Å²) in [4.78, 5) is 14.3. The van der Waals surface area contributed by atoms with Crippen LogP contribution in [0.15, 0.2) is 18.2 Å². The summed E-state index contributed by atoms with van der Waals surface area (Å²) in [5.74, 6) is -0.675. The van der Waals surface area contributed by atoms with Gasteiger partial charge in [0.05, 0.1) is 0 Å². The topological polar surface area (TPSA) is 64.6 Å². The van der Waals surface area contributed by atoms with E-state index in [9.17, 15) is 27.5 Å². The number of rotatable bonds is 8. The molecule has 2 aliphatic rings. The second kappa shape index (κ2) is 9.38. The fourth-order valence-electron chi connectivity index (χ4n) is 3.84. The zero-order chi connectivity index (χ0) is 21.9. The van der Waals surface area contributed by atoms with Crippen molar-refractivity contribution < 1.29 is 27.5 Å². The second-order valence-electron chi connectivity index (χ2n) is 8.16. The number of alkyl halides is 3. The van der Waals surface area contributed by atoms with E-state index in [4.69, 9.17) is 11.6 Å². The summed E-state index contributed by atoms with van der Waals surface area (Å²) in [5, 5.41) is 15.4. The van der Waals surface area contributed by atoms with Crippen LogP contribution in [0.1, 0.15) is 36.0 Å². The lowest BCUT2D eigenvalue weighted by Crippen LogP contribution is -2.48. The van der Waals surface area contributed by atoms with Gasteiger partial charge in [-0.05, 0) is 62.9 Å². The lowest BCUT2D eigenvalue weighted by atomic mass is 9.96. The lowest BCUT2D eigenvalue weighted by Gasteiger charge is -2.33. The zero-order valence-corrected chi connectivity index (χ0v) is 17.2. The van der Waals surface area contributed by atoms with Crippen LogP contribution in [0, 0.1) is 17.2 Å². The summed E-state index contributed by atoms with van der Waals surface area (Å²) < 4.78 is 52.3. The quantitative estimate of drug-likeness (QED) is 0.419. The first-order chi connectivity index (χ1) is 14.1. The number of carbonyl (C=O) groups is 1. The van der Waals surface area contributed by atoms with Crippen LogP contribution in [-0.2, 0) is 0 Å². The summed E-state index contributed by atoms with van der Waals surface area (Å²) in [6, 6.07) is 3.68. The molecular weight excluding hydrogens is 426 g/mol. The first-order valence-corrected chi connectivity index (χ1v) is 10.4. The Morgan fingerprint density at radius 2 is 1.93 bits per heavy atom. The molecule has 168 valence electrons. The Balaban J connectivity index is 1.34. The normalized spacial score (nSPS) is 20.7. The van der Waals surface area contributed by atoms with E-state index in [1.54, 1.807) is 0 Å². The van der Waals surface area contributed by atoms with Gasteiger partial charge in [-0.3, -0.25) is 10.1 Å².